The van der Waals surface area contributed by atoms with E-state index in [9.17, 15) is 13.2 Å². The minimum absolute atomic E-state index is 0.171. The van der Waals surface area contributed by atoms with E-state index >= 15 is 0 Å². The maximum atomic E-state index is 12.5. The third-order valence-corrected chi connectivity index (χ3v) is 5.09. The topological polar surface area (TPSA) is 88.4 Å². The van der Waals surface area contributed by atoms with Gasteiger partial charge in [0.15, 0.2) is 0 Å². The fourth-order valence-corrected chi connectivity index (χ4v) is 3.48. The van der Waals surface area contributed by atoms with E-state index in [0.717, 1.165) is 0 Å². The Kier molecular flexibility index (Phi) is 5.73. The summed E-state index contributed by atoms with van der Waals surface area (Å²) in [5, 5.41) is 2.73. The van der Waals surface area contributed by atoms with Gasteiger partial charge in [0.05, 0.1) is 16.8 Å². The fraction of sp³-hybridized carbons (Fsp3) is 0.0500. The number of benzene rings is 2. The van der Waals surface area contributed by atoms with Crippen molar-refractivity contribution in [3.8, 4) is 0 Å². The maximum Gasteiger partial charge on any atom is 0.261 e. The molecule has 0 aliphatic rings. The normalized spacial score (nSPS) is 11.4. The van der Waals surface area contributed by atoms with Crippen molar-refractivity contribution in [1.82, 2.24) is 5.32 Å². The van der Waals surface area contributed by atoms with Crippen LogP contribution < -0.4 is 10.0 Å². The quantitative estimate of drug-likeness (QED) is 0.613. The summed E-state index contributed by atoms with van der Waals surface area (Å²) in [5.74, 6) is 0.258. The molecule has 0 bridgehead atoms. The summed E-state index contributed by atoms with van der Waals surface area (Å²) in [5.41, 5.74) is 1.06. The number of hydrogen-bond acceptors (Lipinski definition) is 4. The van der Waals surface area contributed by atoms with Crippen molar-refractivity contribution in [2.75, 3.05) is 4.72 Å². The highest BCUT2D eigenvalue weighted by Crippen LogP contribution is 2.20. The van der Waals surface area contributed by atoms with Crippen molar-refractivity contribution in [1.29, 1.82) is 0 Å². The van der Waals surface area contributed by atoms with Crippen LogP contribution in [0.15, 0.2) is 88.4 Å². The van der Waals surface area contributed by atoms with Gasteiger partial charge in [-0.15, -0.1) is 0 Å². The number of hydrogen-bond donors (Lipinski definition) is 2. The minimum Gasteiger partial charge on any atom is -0.465 e. The first-order chi connectivity index (χ1) is 13.0. The van der Waals surface area contributed by atoms with E-state index in [1.54, 1.807) is 60.7 Å². The van der Waals surface area contributed by atoms with Gasteiger partial charge in [-0.3, -0.25) is 9.52 Å². The zero-order chi connectivity index (χ0) is 19.1. The van der Waals surface area contributed by atoms with E-state index < -0.39 is 10.0 Å². The van der Waals surface area contributed by atoms with Crippen LogP contribution in [0.2, 0.25) is 0 Å². The highest BCUT2D eigenvalue weighted by Gasteiger charge is 2.15. The van der Waals surface area contributed by atoms with Crippen LogP contribution in [0.5, 0.6) is 0 Å². The third-order valence-electron chi connectivity index (χ3n) is 3.71. The summed E-state index contributed by atoms with van der Waals surface area (Å²) in [6, 6.07) is 18.5. The summed E-state index contributed by atoms with van der Waals surface area (Å²) in [4.78, 5) is 12.1. The van der Waals surface area contributed by atoms with Crippen LogP contribution in [0, 0.1) is 0 Å². The monoisotopic (exact) mass is 382 g/mol. The summed E-state index contributed by atoms with van der Waals surface area (Å²) in [6.45, 7) is 0.175. The van der Waals surface area contributed by atoms with Crippen molar-refractivity contribution in [3.05, 3.63) is 90.4 Å². The lowest BCUT2D eigenvalue weighted by molar-refractivity contribution is -0.116. The van der Waals surface area contributed by atoms with Gasteiger partial charge in [-0.2, -0.15) is 0 Å². The predicted octanol–water partition coefficient (Wildman–Crippen LogP) is 3.41. The summed E-state index contributed by atoms with van der Waals surface area (Å²) >= 11 is 0. The highest BCUT2D eigenvalue weighted by molar-refractivity contribution is 7.92. The second kappa shape index (κ2) is 8.37. The third kappa shape index (κ3) is 5.08. The Balaban J connectivity index is 1.68. The number of para-hydroxylation sites is 1. The van der Waals surface area contributed by atoms with Crippen LogP contribution in [-0.4, -0.2) is 14.3 Å². The van der Waals surface area contributed by atoms with Crippen LogP contribution >= 0.6 is 0 Å². The van der Waals surface area contributed by atoms with Crippen LogP contribution in [0.25, 0.3) is 6.08 Å². The predicted molar refractivity (Wildman–Crippen MR) is 103 cm³/mol. The molecular weight excluding hydrogens is 364 g/mol. The van der Waals surface area contributed by atoms with Crippen molar-refractivity contribution in [3.63, 3.8) is 0 Å². The smallest absolute Gasteiger partial charge is 0.261 e. The lowest BCUT2D eigenvalue weighted by atomic mass is 10.2. The van der Waals surface area contributed by atoms with Gasteiger partial charge in [0.1, 0.15) is 5.76 Å². The molecule has 138 valence electrons. The molecule has 0 fully saturated rings. The number of furan rings is 1. The van der Waals surface area contributed by atoms with Crippen LogP contribution in [0.1, 0.15) is 11.3 Å². The molecular formula is C20H18N2O4S. The molecule has 0 spiro atoms. The first-order valence-electron chi connectivity index (χ1n) is 8.20. The van der Waals surface area contributed by atoms with E-state index in [1.807, 2.05) is 0 Å². The van der Waals surface area contributed by atoms with Gasteiger partial charge < -0.3 is 9.73 Å². The number of amides is 1. The maximum absolute atomic E-state index is 12.5. The summed E-state index contributed by atoms with van der Waals surface area (Å²) in [7, 11) is -3.70. The standard InChI is InChI=1S/C20H18N2O4S/c23-20(13-12-17-8-6-14-26-17)21-15-16-7-4-5-11-19(16)22-27(24,25)18-9-2-1-3-10-18/h1-14,22H,15H2,(H,21,23). The Hall–Kier alpha value is -3.32. The molecule has 0 aliphatic carbocycles. The van der Waals surface area contributed by atoms with Gasteiger partial charge in [-0.25, -0.2) is 8.42 Å². The Morgan fingerprint density at radius 1 is 0.963 bits per heavy atom. The molecule has 6 nitrogen and oxygen atoms in total. The van der Waals surface area contributed by atoms with Crippen LogP contribution in [-0.2, 0) is 21.4 Å². The number of nitrogens with one attached hydrogen (secondary N) is 2. The Morgan fingerprint density at radius 2 is 1.70 bits per heavy atom. The largest absolute Gasteiger partial charge is 0.465 e. The molecule has 7 heteroatoms. The average molecular weight is 382 g/mol. The second-order valence-electron chi connectivity index (χ2n) is 5.64. The van der Waals surface area contributed by atoms with E-state index in [4.69, 9.17) is 4.42 Å². The Morgan fingerprint density at radius 3 is 2.44 bits per heavy atom. The van der Waals surface area contributed by atoms with E-state index in [0.29, 0.717) is 17.0 Å². The molecule has 2 aromatic carbocycles. The van der Waals surface area contributed by atoms with Gasteiger partial charge in [-0.05, 0) is 42.0 Å². The van der Waals surface area contributed by atoms with E-state index in [-0.39, 0.29) is 17.3 Å². The van der Waals surface area contributed by atoms with Crippen molar-refractivity contribution in [2.45, 2.75) is 11.4 Å². The van der Waals surface area contributed by atoms with Crippen LogP contribution in [0.4, 0.5) is 5.69 Å². The molecule has 27 heavy (non-hydrogen) atoms. The molecule has 0 saturated carbocycles. The van der Waals surface area contributed by atoms with Gasteiger partial charge in [0.2, 0.25) is 5.91 Å². The second-order valence-corrected chi connectivity index (χ2v) is 7.32. The highest BCUT2D eigenvalue weighted by atomic mass is 32.2. The molecule has 0 unspecified atom stereocenters. The lowest BCUT2D eigenvalue weighted by Crippen LogP contribution is -2.22. The van der Waals surface area contributed by atoms with Crippen molar-refractivity contribution in [2.24, 2.45) is 0 Å². The molecule has 0 aliphatic heterocycles. The molecule has 2 N–H and O–H groups in total. The SMILES string of the molecule is O=C(C=Cc1ccco1)NCc1ccccc1NS(=O)(=O)c1ccccc1. The summed E-state index contributed by atoms with van der Waals surface area (Å²) < 4.78 is 32.7. The van der Waals surface area contributed by atoms with Crippen LogP contribution in [0.3, 0.4) is 0 Å². The number of carbonyl (C=O) groups excluding carboxylic acids is 1. The minimum atomic E-state index is -3.70. The van der Waals surface area contributed by atoms with E-state index in [1.165, 1.54) is 24.5 Å². The first kappa shape index (κ1) is 18.5. The first-order valence-corrected chi connectivity index (χ1v) is 9.68. The van der Waals surface area contributed by atoms with Gasteiger partial charge >= 0.3 is 0 Å². The van der Waals surface area contributed by atoms with Crippen molar-refractivity contribution >= 4 is 27.7 Å². The number of sulfonamides is 1. The molecule has 0 radical (unpaired) electrons. The molecule has 3 rings (SSSR count). The van der Waals surface area contributed by atoms with Gasteiger partial charge in [0, 0.05) is 12.6 Å². The number of rotatable bonds is 7. The number of carbonyl (C=O) groups is 1. The average Bonchev–Trinajstić information content (AvgIpc) is 3.20. The van der Waals surface area contributed by atoms with Crippen molar-refractivity contribution < 1.29 is 17.6 Å². The van der Waals surface area contributed by atoms with Gasteiger partial charge in [-0.1, -0.05) is 36.4 Å². The Labute approximate surface area is 157 Å². The molecule has 1 amide bonds. The molecule has 1 aromatic heterocycles. The van der Waals surface area contributed by atoms with E-state index in [2.05, 4.69) is 10.0 Å². The number of anilines is 1. The molecule has 1 heterocycles. The van der Waals surface area contributed by atoms with Gasteiger partial charge in [0.25, 0.3) is 10.0 Å². The zero-order valence-electron chi connectivity index (χ0n) is 14.3. The molecule has 3 aromatic rings. The lowest BCUT2D eigenvalue weighted by Gasteiger charge is -2.13. The fourth-order valence-electron chi connectivity index (χ4n) is 2.36. The molecule has 0 atom stereocenters. The summed E-state index contributed by atoms with van der Waals surface area (Å²) in [6.07, 6.45) is 4.43. The molecule has 0 saturated heterocycles. The zero-order valence-corrected chi connectivity index (χ0v) is 15.1. The Bertz CT molecular complexity index is 1030.